The van der Waals surface area contributed by atoms with Crippen LogP contribution in [0.3, 0.4) is 0 Å². The molecule has 0 spiro atoms. The zero-order valence-electron chi connectivity index (χ0n) is 19.0. The van der Waals surface area contributed by atoms with E-state index in [1.807, 2.05) is 6.92 Å². The van der Waals surface area contributed by atoms with Gasteiger partial charge in [0.2, 0.25) is 0 Å². The van der Waals surface area contributed by atoms with Crippen LogP contribution in [0.5, 0.6) is 5.75 Å². The number of rotatable bonds is 7. The molecule has 1 aliphatic rings. The molecule has 0 aliphatic carbocycles. The molecule has 0 bridgehead atoms. The fourth-order valence-corrected chi connectivity index (χ4v) is 5.98. The normalized spacial score (nSPS) is 17.2. The third-order valence-electron chi connectivity index (χ3n) is 5.64. The van der Waals surface area contributed by atoms with Crippen LogP contribution in [0.1, 0.15) is 16.7 Å². The van der Waals surface area contributed by atoms with Gasteiger partial charge in [-0.2, -0.15) is 0 Å². The van der Waals surface area contributed by atoms with Gasteiger partial charge >= 0.3 is 0 Å². The standard InChI is InChI=1S/C23H24Cl2N4O4S2.2H2/c1-15-14-28(17-6-8-18(9-7-17)35(31,32)27-23-26-10-13-34-23)11-12-29(15)22(30)16(2)33-20-5-3-4-19(24)21(20)25;;/h3-10,13,15-16H,11-12,14H2,1-2H3,(H,26,27);2*1H/t15-,16?;;/m1../s1. The van der Waals surface area contributed by atoms with E-state index in [1.54, 1.807) is 59.7 Å². The molecule has 1 aromatic heterocycles. The molecule has 2 aromatic carbocycles. The lowest BCUT2D eigenvalue weighted by molar-refractivity contribution is -0.140. The summed E-state index contributed by atoms with van der Waals surface area (Å²) in [6.45, 7) is 5.37. The summed E-state index contributed by atoms with van der Waals surface area (Å²) in [7, 11) is -3.71. The number of nitrogens with one attached hydrogen (secondary N) is 1. The molecule has 1 aliphatic heterocycles. The summed E-state index contributed by atoms with van der Waals surface area (Å²) in [6, 6.07) is 11.7. The van der Waals surface area contributed by atoms with Crippen molar-refractivity contribution in [2.45, 2.75) is 30.9 Å². The van der Waals surface area contributed by atoms with Crippen LogP contribution >= 0.6 is 34.5 Å². The average Bonchev–Trinajstić information content (AvgIpc) is 3.34. The minimum Gasteiger partial charge on any atom is -0.479 e. The van der Waals surface area contributed by atoms with Gasteiger partial charge in [0.05, 0.1) is 9.92 Å². The molecule has 3 aromatic rings. The van der Waals surface area contributed by atoms with E-state index in [2.05, 4.69) is 14.6 Å². The lowest BCUT2D eigenvalue weighted by Crippen LogP contribution is -2.56. The molecule has 1 N–H and O–H groups in total. The molecule has 1 amide bonds. The summed E-state index contributed by atoms with van der Waals surface area (Å²) >= 11 is 13.4. The molecule has 2 heterocycles. The molecular formula is C23H28Cl2N4O4S2. The molecule has 2 atom stereocenters. The molecule has 0 radical (unpaired) electrons. The monoisotopic (exact) mass is 558 g/mol. The van der Waals surface area contributed by atoms with Gasteiger partial charge in [-0.05, 0) is 50.2 Å². The second-order valence-electron chi connectivity index (χ2n) is 8.08. The highest BCUT2D eigenvalue weighted by Gasteiger charge is 2.31. The van der Waals surface area contributed by atoms with Gasteiger partial charge in [-0.15, -0.1) is 11.3 Å². The minimum absolute atomic E-state index is 0. The Bertz CT molecular complexity index is 1300. The number of carbonyl (C=O) groups excluding carboxylic acids is 1. The number of piperazine rings is 1. The van der Waals surface area contributed by atoms with E-state index in [0.29, 0.717) is 35.5 Å². The molecule has 1 fully saturated rings. The molecule has 35 heavy (non-hydrogen) atoms. The van der Waals surface area contributed by atoms with Gasteiger partial charge in [-0.1, -0.05) is 29.3 Å². The molecule has 0 saturated carbocycles. The van der Waals surface area contributed by atoms with Gasteiger partial charge in [0.1, 0.15) is 10.8 Å². The van der Waals surface area contributed by atoms with Crippen molar-refractivity contribution in [3.63, 3.8) is 0 Å². The summed E-state index contributed by atoms with van der Waals surface area (Å²) in [4.78, 5) is 21.1. The maximum absolute atomic E-state index is 13.1. The number of amides is 1. The SMILES string of the molecule is CC(Oc1cccc(Cl)c1Cl)C(=O)N1CCN(c2ccc(S(=O)(=O)Nc3nccs3)cc2)C[C@H]1C.[HH].[HH]. The predicted molar refractivity (Wildman–Crippen MR) is 144 cm³/mol. The Morgan fingerprint density at radius 2 is 1.97 bits per heavy atom. The number of anilines is 2. The van der Waals surface area contributed by atoms with Gasteiger partial charge in [0.25, 0.3) is 15.9 Å². The predicted octanol–water partition coefficient (Wildman–Crippen LogP) is 5.25. The van der Waals surface area contributed by atoms with Crippen LogP contribution in [-0.4, -0.2) is 56.0 Å². The van der Waals surface area contributed by atoms with Gasteiger partial charge < -0.3 is 14.5 Å². The van der Waals surface area contributed by atoms with E-state index in [4.69, 9.17) is 27.9 Å². The van der Waals surface area contributed by atoms with Gasteiger partial charge in [0.15, 0.2) is 11.2 Å². The Labute approximate surface area is 221 Å². The number of sulfonamides is 1. The van der Waals surface area contributed by atoms with Crippen molar-refractivity contribution < 1.29 is 20.8 Å². The van der Waals surface area contributed by atoms with Crippen LogP contribution in [-0.2, 0) is 14.8 Å². The second-order valence-corrected chi connectivity index (χ2v) is 11.4. The van der Waals surface area contributed by atoms with Crippen molar-refractivity contribution in [3.8, 4) is 5.75 Å². The number of carbonyl (C=O) groups is 1. The zero-order chi connectivity index (χ0) is 25.2. The summed E-state index contributed by atoms with van der Waals surface area (Å²) in [5.41, 5.74) is 0.882. The van der Waals surface area contributed by atoms with Crippen molar-refractivity contribution >= 4 is 61.3 Å². The van der Waals surface area contributed by atoms with E-state index in [-0.39, 0.29) is 24.7 Å². The number of aromatic nitrogens is 1. The van der Waals surface area contributed by atoms with E-state index >= 15 is 0 Å². The molecule has 190 valence electrons. The first-order chi connectivity index (χ1) is 16.7. The lowest BCUT2D eigenvalue weighted by Gasteiger charge is -2.41. The molecule has 8 nitrogen and oxygen atoms in total. The molecule has 1 unspecified atom stereocenters. The smallest absolute Gasteiger partial charge is 0.263 e. The van der Waals surface area contributed by atoms with Crippen LogP contribution < -0.4 is 14.4 Å². The summed E-state index contributed by atoms with van der Waals surface area (Å²) in [6.07, 6.45) is 0.811. The second kappa shape index (κ2) is 10.6. The summed E-state index contributed by atoms with van der Waals surface area (Å²) in [5.74, 6) is 0.230. The largest absolute Gasteiger partial charge is 0.479 e. The molecular weight excluding hydrogens is 531 g/mol. The van der Waals surface area contributed by atoms with Gasteiger partial charge in [-0.3, -0.25) is 9.52 Å². The number of ether oxygens (including phenoxy) is 1. The first-order valence-electron chi connectivity index (χ1n) is 10.8. The summed E-state index contributed by atoms with van der Waals surface area (Å²) < 4.78 is 33.4. The molecule has 12 heteroatoms. The first-order valence-corrected chi connectivity index (χ1v) is 14.0. The number of hydrogen-bond donors (Lipinski definition) is 1. The minimum atomic E-state index is -3.71. The number of thiazole rings is 1. The lowest BCUT2D eigenvalue weighted by atomic mass is 10.1. The fraction of sp³-hybridized carbons (Fsp3) is 0.304. The van der Waals surface area contributed by atoms with Crippen LogP contribution in [0.25, 0.3) is 0 Å². The Hall–Kier alpha value is -2.53. The van der Waals surface area contributed by atoms with E-state index in [9.17, 15) is 13.2 Å². The van der Waals surface area contributed by atoms with Crippen molar-refractivity contribution in [1.29, 1.82) is 0 Å². The van der Waals surface area contributed by atoms with Crippen molar-refractivity contribution in [3.05, 3.63) is 64.1 Å². The third-order valence-corrected chi connectivity index (χ3v) is 8.62. The highest BCUT2D eigenvalue weighted by molar-refractivity contribution is 7.93. The van der Waals surface area contributed by atoms with Crippen LogP contribution in [0.15, 0.2) is 58.9 Å². The van der Waals surface area contributed by atoms with E-state index in [0.717, 1.165) is 5.69 Å². The topological polar surface area (TPSA) is 91.8 Å². The molecule has 1 saturated heterocycles. The zero-order valence-corrected chi connectivity index (χ0v) is 22.2. The highest BCUT2D eigenvalue weighted by atomic mass is 35.5. The van der Waals surface area contributed by atoms with Crippen LogP contribution in [0.4, 0.5) is 10.8 Å². The Kier molecular flexibility index (Phi) is 7.75. The van der Waals surface area contributed by atoms with Gasteiger partial charge in [-0.25, -0.2) is 13.4 Å². The average molecular weight is 560 g/mol. The van der Waals surface area contributed by atoms with E-state index < -0.39 is 16.1 Å². The Balaban J connectivity index is 0.00000241. The quantitative estimate of drug-likeness (QED) is 0.426. The number of hydrogen-bond acceptors (Lipinski definition) is 7. The van der Waals surface area contributed by atoms with E-state index in [1.165, 1.54) is 17.5 Å². The highest BCUT2D eigenvalue weighted by Crippen LogP contribution is 2.32. The maximum Gasteiger partial charge on any atom is 0.263 e. The van der Waals surface area contributed by atoms with Crippen LogP contribution in [0, 0.1) is 0 Å². The van der Waals surface area contributed by atoms with Crippen molar-refractivity contribution in [2.75, 3.05) is 29.3 Å². The van der Waals surface area contributed by atoms with Crippen LogP contribution in [0.2, 0.25) is 10.0 Å². The Morgan fingerprint density at radius 1 is 1.23 bits per heavy atom. The maximum atomic E-state index is 13.1. The summed E-state index contributed by atoms with van der Waals surface area (Å²) in [5, 5.41) is 2.66. The first kappa shape index (κ1) is 25.6. The number of benzene rings is 2. The van der Waals surface area contributed by atoms with Gasteiger partial charge in [0, 0.05) is 45.8 Å². The third kappa shape index (κ3) is 5.83. The fourth-order valence-electron chi connectivity index (χ4n) is 3.85. The van der Waals surface area contributed by atoms with Crippen molar-refractivity contribution in [1.82, 2.24) is 9.88 Å². The molecule has 4 rings (SSSR count). The Morgan fingerprint density at radius 3 is 2.63 bits per heavy atom. The van der Waals surface area contributed by atoms with Crippen molar-refractivity contribution in [2.24, 2.45) is 0 Å². The number of nitrogens with zero attached hydrogens (tertiary/aromatic N) is 3. The number of halogens is 2.